The summed E-state index contributed by atoms with van der Waals surface area (Å²) in [5.74, 6) is 0.543. The van der Waals surface area contributed by atoms with Gasteiger partial charge in [-0.05, 0) is 49.7 Å². The predicted molar refractivity (Wildman–Crippen MR) is 131 cm³/mol. The number of carbonyl (C=O) groups is 2. The van der Waals surface area contributed by atoms with E-state index in [0.717, 1.165) is 56.2 Å². The number of aromatic nitrogens is 2. The summed E-state index contributed by atoms with van der Waals surface area (Å²) in [6.45, 7) is 0.569. The molecule has 7 rings (SSSR count). The van der Waals surface area contributed by atoms with Crippen molar-refractivity contribution in [1.29, 1.82) is 0 Å². The Kier molecular flexibility index (Phi) is 5.16. The Balaban J connectivity index is 1.16. The molecule has 3 aromatic rings. The average molecular weight is 454 g/mol. The van der Waals surface area contributed by atoms with E-state index in [4.69, 9.17) is 0 Å². The van der Waals surface area contributed by atoms with Gasteiger partial charge in [0, 0.05) is 29.4 Å². The molecule has 3 saturated carbocycles. The van der Waals surface area contributed by atoms with Crippen LogP contribution in [-0.2, 0) is 16.1 Å². The summed E-state index contributed by atoms with van der Waals surface area (Å²) in [6.07, 6.45) is 10.3. The van der Waals surface area contributed by atoms with Crippen molar-refractivity contribution in [3.63, 3.8) is 0 Å². The van der Waals surface area contributed by atoms with E-state index in [9.17, 15) is 9.59 Å². The van der Waals surface area contributed by atoms with Crippen molar-refractivity contribution in [2.75, 3.05) is 0 Å². The molecule has 0 spiro atoms. The van der Waals surface area contributed by atoms with Gasteiger partial charge in [-0.1, -0.05) is 61.0 Å². The number of carbonyl (C=O) groups excluding carboxylic acids is 2. The third-order valence-corrected chi connectivity index (χ3v) is 8.82. The highest BCUT2D eigenvalue weighted by molar-refractivity contribution is 5.88. The number of amides is 1. The molecular weight excluding hydrogens is 422 g/mol. The summed E-state index contributed by atoms with van der Waals surface area (Å²) in [5.41, 5.74) is 4.05. The molecule has 174 valence electrons. The quantitative estimate of drug-likeness (QED) is 0.539. The predicted octanol–water partition coefficient (Wildman–Crippen LogP) is 5.46. The number of rotatable bonds is 6. The lowest BCUT2D eigenvalue weighted by atomic mass is 9.62. The average Bonchev–Trinajstić information content (AvgIpc) is 3.33. The number of ketones is 1. The second-order valence-electron chi connectivity index (χ2n) is 10.5. The van der Waals surface area contributed by atoms with E-state index >= 15 is 0 Å². The molecule has 5 heteroatoms. The minimum absolute atomic E-state index is 0.0275. The summed E-state index contributed by atoms with van der Waals surface area (Å²) in [4.78, 5) is 31.5. The number of Topliss-reactive ketones (excluding diaryl/α,β-unsaturated/α-hetero) is 1. The van der Waals surface area contributed by atoms with Crippen LogP contribution in [0.1, 0.15) is 68.5 Å². The molecule has 1 atom stereocenters. The van der Waals surface area contributed by atoms with Gasteiger partial charge in [-0.3, -0.25) is 9.59 Å². The van der Waals surface area contributed by atoms with Crippen molar-refractivity contribution < 1.29 is 9.59 Å². The first-order chi connectivity index (χ1) is 16.6. The number of fused-ring (bicyclic) bond motifs is 7. The van der Waals surface area contributed by atoms with Crippen molar-refractivity contribution in [3.05, 3.63) is 78.2 Å². The molecule has 4 aliphatic rings. The van der Waals surface area contributed by atoms with Crippen molar-refractivity contribution in [2.24, 2.45) is 10.8 Å². The van der Waals surface area contributed by atoms with E-state index < -0.39 is 0 Å². The van der Waals surface area contributed by atoms with Gasteiger partial charge in [0.1, 0.15) is 5.78 Å². The van der Waals surface area contributed by atoms with Gasteiger partial charge in [-0.25, -0.2) is 4.98 Å². The molecule has 2 heterocycles. The van der Waals surface area contributed by atoms with E-state index in [1.54, 1.807) is 0 Å². The van der Waals surface area contributed by atoms with Gasteiger partial charge in [-0.15, -0.1) is 0 Å². The molecule has 3 fully saturated rings. The standard InChI is InChI=1S/C29H31N3O2/c33-26(17-24-22-9-4-5-10-23(22)25-19-30-20-32(24)25)28-11-6-12-29(15-13-28,16-14-28)27(34)31-18-21-7-2-1-3-8-21/h1-5,7-10,19-20,24H,6,11-18H2,(H,31,34). The van der Waals surface area contributed by atoms with Crippen molar-refractivity contribution in [1.82, 2.24) is 14.9 Å². The lowest BCUT2D eigenvalue weighted by molar-refractivity contribution is -0.139. The zero-order chi connectivity index (χ0) is 23.2. The maximum absolute atomic E-state index is 13.9. The Morgan fingerprint density at radius 2 is 1.62 bits per heavy atom. The molecule has 1 amide bonds. The van der Waals surface area contributed by atoms with E-state index in [0.29, 0.717) is 18.7 Å². The van der Waals surface area contributed by atoms with Crippen LogP contribution in [0.4, 0.5) is 0 Å². The molecule has 1 N–H and O–H groups in total. The Morgan fingerprint density at radius 1 is 0.912 bits per heavy atom. The smallest absolute Gasteiger partial charge is 0.226 e. The minimum Gasteiger partial charge on any atom is -0.352 e. The molecule has 5 nitrogen and oxygen atoms in total. The molecule has 0 radical (unpaired) electrons. The highest BCUT2D eigenvalue weighted by atomic mass is 16.2. The third-order valence-electron chi connectivity index (χ3n) is 8.82. The monoisotopic (exact) mass is 453 g/mol. The van der Waals surface area contributed by atoms with Gasteiger partial charge in [0.2, 0.25) is 5.91 Å². The highest BCUT2D eigenvalue weighted by Gasteiger charge is 2.52. The highest BCUT2D eigenvalue weighted by Crippen LogP contribution is 2.56. The zero-order valence-electron chi connectivity index (χ0n) is 19.5. The number of benzene rings is 2. The lowest BCUT2D eigenvalue weighted by Gasteiger charge is -2.41. The molecule has 0 saturated heterocycles. The van der Waals surface area contributed by atoms with E-state index in [1.165, 1.54) is 11.1 Å². The van der Waals surface area contributed by atoms with Crippen LogP contribution in [-0.4, -0.2) is 21.2 Å². The number of hydrogen-bond acceptors (Lipinski definition) is 3. The Morgan fingerprint density at radius 3 is 2.44 bits per heavy atom. The topological polar surface area (TPSA) is 64.0 Å². The molecule has 1 aliphatic heterocycles. The van der Waals surface area contributed by atoms with Gasteiger partial charge in [-0.2, -0.15) is 0 Å². The maximum Gasteiger partial charge on any atom is 0.226 e. The largest absolute Gasteiger partial charge is 0.352 e. The maximum atomic E-state index is 13.9. The summed E-state index contributed by atoms with van der Waals surface area (Å²) in [6, 6.07) is 18.5. The van der Waals surface area contributed by atoms with Gasteiger partial charge in [0.25, 0.3) is 0 Å². The molecule has 1 aromatic heterocycles. The number of imidazole rings is 1. The van der Waals surface area contributed by atoms with Crippen LogP contribution in [0.2, 0.25) is 0 Å². The van der Waals surface area contributed by atoms with Crippen LogP contribution in [0, 0.1) is 10.8 Å². The van der Waals surface area contributed by atoms with Crippen LogP contribution in [0.5, 0.6) is 0 Å². The first-order valence-electron chi connectivity index (χ1n) is 12.6. The third kappa shape index (κ3) is 3.41. The first-order valence-corrected chi connectivity index (χ1v) is 12.6. The summed E-state index contributed by atoms with van der Waals surface area (Å²) in [7, 11) is 0. The number of hydrogen-bond donors (Lipinski definition) is 1. The first kappa shape index (κ1) is 21.3. The summed E-state index contributed by atoms with van der Waals surface area (Å²) < 4.78 is 2.17. The SMILES string of the molecule is O=C(CC1c2ccccc2-c2cncn21)C12CCCC(C(=O)NCc3ccccc3)(CC1)CC2. The molecule has 3 aliphatic carbocycles. The van der Waals surface area contributed by atoms with Crippen molar-refractivity contribution in [2.45, 2.75) is 64.0 Å². The lowest BCUT2D eigenvalue weighted by Crippen LogP contribution is -2.45. The summed E-state index contributed by atoms with van der Waals surface area (Å²) >= 11 is 0. The summed E-state index contributed by atoms with van der Waals surface area (Å²) in [5, 5.41) is 3.20. The second-order valence-corrected chi connectivity index (χ2v) is 10.5. The normalized spacial score (nSPS) is 27.0. The van der Waals surface area contributed by atoms with Gasteiger partial charge < -0.3 is 9.88 Å². The van der Waals surface area contributed by atoms with Crippen LogP contribution in [0.3, 0.4) is 0 Å². The number of nitrogens with one attached hydrogen (secondary N) is 1. The number of nitrogens with zero attached hydrogens (tertiary/aromatic N) is 2. The minimum atomic E-state index is -0.313. The zero-order valence-corrected chi connectivity index (χ0v) is 19.5. The fourth-order valence-corrected chi connectivity index (χ4v) is 6.73. The molecule has 2 bridgehead atoms. The second kappa shape index (κ2) is 8.23. The van der Waals surface area contributed by atoms with E-state index in [1.807, 2.05) is 48.9 Å². The van der Waals surface area contributed by atoms with E-state index in [2.05, 4.69) is 33.1 Å². The van der Waals surface area contributed by atoms with Crippen LogP contribution >= 0.6 is 0 Å². The van der Waals surface area contributed by atoms with Crippen LogP contribution < -0.4 is 5.32 Å². The van der Waals surface area contributed by atoms with Crippen LogP contribution in [0.15, 0.2) is 67.1 Å². The van der Waals surface area contributed by atoms with Crippen molar-refractivity contribution >= 4 is 11.7 Å². The molecule has 2 aromatic carbocycles. The van der Waals surface area contributed by atoms with Gasteiger partial charge in [0.15, 0.2) is 0 Å². The van der Waals surface area contributed by atoms with Crippen LogP contribution in [0.25, 0.3) is 11.3 Å². The van der Waals surface area contributed by atoms with E-state index in [-0.39, 0.29) is 22.8 Å². The molecule has 1 unspecified atom stereocenters. The Bertz CT molecular complexity index is 1220. The fraction of sp³-hybridized carbons (Fsp3) is 0.414. The molecule has 34 heavy (non-hydrogen) atoms. The van der Waals surface area contributed by atoms with Gasteiger partial charge in [0.05, 0.1) is 24.3 Å². The fourth-order valence-electron chi connectivity index (χ4n) is 6.73. The Hall–Kier alpha value is -3.21. The molecular formula is C29H31N3O2. The van der Waals surface area contributed by atoms with Gasteiger partial charge >= 0.3 is 0 Å². The van der Waals surface area contributed by atoms with Crippen molar-refractivity contribution in [3.8, 4) is 11.3 Å². The Labute approximate surface area is 200 Å².